The van der Waals surface area contributed by atoms with Crippen LogP contribution in [0.2, 0.25) is 0 Å². The Balaban J connectivity index is 1.45. The molecule has 1 aromatic carbocycles. The van der Waals surface area contributed by atoms with Gasteiger partial charge in [0.2, 0.25) is 5.91 Å². The predicted octanol–water partition coefficient (Wildman–Crippen LogP) is 5.65. The van der Waals surface area contributed by atoms with Crippen molar-refractivity contribution in [1.82, 2.24) is 20.6 Å². The van der Waals surface area contributed by atoms with Crippen LogP contribution in [0.25, 0.3) is 16.6 Å². The topological polar surface area (TPSA) is 86.9 Å². The van der Waals surface area contributed by atoms with E-state index in [-0.39, 0.29) is 17.7 Å². The SMILES string of the molecule is C\C=C/C(=C\C=C\NC(=O)C1CCCCC1C)c1nc2ccc(C(=O)NC3CCCC3)cc2[nH]1. The molecule has 34 heavy (non-hydrogen) atoms. The number of nitrogens with zero attached hydrogens (tertiary/aromatic N) is 1. The van der Waals surface area contributed by atoms with Crippen LogP contribution in [-0.4, -0.2) is 27.8 Å². The first-order chi connectivity index (χ1) is 16.5. The van der Waals surface area contributed by atoms with Crippen molar-refractivity contribution < 1.29 is 9.59 Å². The summed E-state index contributed by atoms with van der Waals surface area (Å²) in [6.07, 6.45) is 18.4. The molecular formula is C28H36N4O2. The second-order valence-corrected chi connectivity index (χ2v) is 9.63. The highest BCUT2D eigenvalue weighted by Crippen LogP contribution is 2.29. The number of aromatic amines is 1. The monoisotopic (exact) mass is 460 g/mol. The van der Waals surface area contributed by atoms with E-state index >= 15 is 0 Å². The Bertz CT molecular complexity index is 1100. The van der Waals surface area contributed by atoms with Gasteiger partial charge in [0.05, 0.1) is 11.0 Å². The maximum Gasteiger partial charge on any atom is 0.251 e. The third kappa shape index (κ3) is 5.85. The van der Waals surface area contributed by atoms with Crippen molar-refractivity contribution in [3.05, 3.63) is 60.1 Å². The lowest BCUT2D eigenvalue weighted by Gasteiger charge is -2.26. The van der Waals surface area contributed by atoms with Crippen LogP contribution in [0.3, 0.4) is 0 Å². The number of benzene rings is 1. The van der Waals surface area contributed by atoms with E-state index in [9.17, 15) is 9.59 Å². The number of aromatic nitrogens is 2. The summed E-state index contributed by atoms with van der Waals surface area (Å²) in [7, 11) is 0. The predicted molar refractivity (Wildman–Crippen MR) is 137 cm³/mol. The van der Waals surface area contributed by atoms with Crippen LogP contribution in [0.15, 0.2) is 48.7 Å². The molecule has 2 aromatic rings. The Morgan fingerprint density at radius 2 is 1.85 bits per heavy atom. The summed E-state index contributed by atoms with van der Waals surface area (Å²) >= 11 is 0. The summed E-state index contributed by atoms with van der Waals surface area (Å²) in [5.41, 5.74) is 3.18. The Morgan fingerprint density at radius 1 is 1.09 bits per heavy atom. The van der Waals surface area contributed by atoms with Gasteiger partial charge in [-0.25, -0.2) is 4.98 Å². The Labute approximate surface area is 202 Å². The Hall–Kier alpha value is -3.15. The minimum atomic E-state index is -0.0277. The van der Waals surface area contributed by atoms with E-state index in [1.54, 1.807) is 6.20 Å². The summed E-state index contributed by atoms with van der Waals surface area (Å²) in [6.45, 7) is 4.13. The van der Waals surface area contributed by atoms with Gasteiger partial charge in [0.15, 0.2) is 0 Å². The number of amides is 2. The first kappa shape index (κ1) is 24.0. The lowest BCUT2D eigenvalue weighted by atomic mass is 9.80. The standard InChI is InChI=1S/C28H36N4O2/c1-3-9-20(11-8-17-29-28(34)23-14-7-4-10-19(23)2)26-31-24-16-15-21(18-25(24)32-26)27(33)30-22-12-5-6-13-22/h3,8-9,11,15-19,22-23H,4-7,10,12-14H2,1-2H3,(H,29,34)(H,30,33)(H,31,32)/b9-3-,17-8+,20-11+. The average Bonchev–Trinajstić information content (AvgIpc) is 3.50. The van der Waals surface area contributed by atoms with Crippen molar-refractivity contribution in [2.45, 2.75) is 71.3 Å². The van der Waals surface area contributed by atoms with Gasteiger partial charge in [-0.3, -0.25) is 9.59 Å². The van der Waals surface area contributed by atoms with Crippen LogP contribution >= 0.6 is 0 Å². The van der Waals surface area contributed by atoms with E-state index in [4.69, 9.17) is 4.98 Å². The molecule has 4 rings (SSSR count). The molecule has 180 valence electrons. The highest BCUT2D eigenvalue weighted by Gasteiger charge is 2.27. The van der Waals surface area contributed by atoms with Gasteiger partial charge in [-0.05, 0) is 68.9 Å². The maximum atomic E-state index is 12.6. The number of carbonyl (C=O) groups is 2. The molecule has 1 heterocycles. The van der Waals surface area contributed by atoms with Gasteiger partial charge >= 0.3 is 0 Å². The fourth-order valence-corrected chi connectivity index (χ4v) is 5.11. The zero-order chi connectivity index (χ0) is 23.9. The van der Waals surface area contributed by atoms with Crippen LogP contribution in [0.5, 0.6) is 0 Å². The highest BCUT2D eigenvalue weighted by molar-refractivity contribution is 5.97. The van der Waals surface area contributed by atoms with Crippen LogP contribution < -0.4 is 10.6 Å². The lowest BCUT2D eigenvalue weighted by Crippen LogP contribution is -2.33. The Morgan fingerprint density at radius 3 is 2.62 bits per heavy atom. The molecule has 2 fully saturated rings. The number of hydrogen-bond donors (Lipinski definition) is 3. The number of nitrogens with one attached hydrogen (secondary N) is 3. The van der Waals surface area contributed by atoms with Crippen molar-refractivity contribution in [3.63, 3.8) is 0 Å². The van der Waals surface area contributed by atoms with E-state index < -0.39 is 0 Å². The number of allylic oxidation sites excluding steroid dienone is 5. The summed E-state index contributed by atoms with van der Waals surface area (Å²) in [5, 5.41) is 6.08. The molecule has 1 aromatic heterocycles. The number of imidazole rings is 1. The van der Waals surface area contributed by atoms with Gasteiger partial charge in [0.25, 0.3) is 5.91 Å². The van der Waals surface area contributed by atoms with Crippen LogP contribution in [0.1, 0.15) is 81.4 Å². The van der Waals surface area contributed by atoms with Crippen LogP contribution in [0, 0.1) is 11.8 Å². The molecule has 2 amide bonds. The number of hydrogen-bond acceptors (Lipinski definition) is 3. The normalized spacial score (nSPS) is 22.1. The van der Waals surface area contributed by atoms with Gasteiger partial charge in [-0.2, -0.15) is 0 Å². The molecule has 0 saturated heterocycles. The van der Waals surface area contributed by atoms with Gasteiger partial charge < -0.3 is 15.6 Å². The first-order valence-electron chi connectivity index (χ1n) is 12.7. The zero-order valence-electron chi connectivity index (χ0n) is 20.3. The summed E-state index contributed by atoms with van der Waals surface area (Å²) in [6, 6.07) is 5.87. The summed E-state index contributed by atoms with van der Waals surface area (Å²) in [4.78, 5) is 33.2. The van der Waals surface area contributed by atoms with E-state index in [1.165, 1.54) is 19.3 Å². The molecule has 3 N–H and O–H groups in total. The quantitative estimate of drug-likeness (QED) is 0.467. The molecule has 6 nitrogen and oxygen atoms in total. The van der Waals surface area contributed by atoms with Crippen LogP contribution in [0.4, 0.5) is 0 Å². The van der Waals surface area contributed by atoms with Gasteiger partial charge in [0.1, 0.15) is 5.82 Å². The van der Waals surface area contributed by atoms with E-state index in [0.29, 0.717) is 17.5 Å². The molecule has 0 spiro atoms. The molecule has 6 heteroatoms. The molecule has 0 aliphatic heterocycles. The van der Waals surface area contributed by atoms with Gasteiger partial charge in [-0.15, -0.1) is 0 Å². The van der Waals surface area contributed by atoms with Crippen molar-refractivity contribution in [2.24, 2.45) is 11.8 Å². The first-order valence-corrected chi connectivity index (χ1v) is 12.7. The largest absolute Gasteiger partial charge is 0.349 e. The Kier molecular flexibility index (Phi) is 7.99. The van der Waals surface area contributed by atoms with Crippen molar-refractivity contribution in [1.29, 1.82) is 0 Å². The maximum absolute atomic E-state index is 12.6. The summed E-state index contributed by atoms with van der Waals surface area (Å²) in [5.74, 6) is 1.35. The minimum Gasteiger partial charge on any atom is -0.349 e. The highest BCUT2D eigenvalue weighted by atomic mass is 16.2. The van der Waals surface area contributed by atoms with E-state index in [1.807, 2.05) is 49.4 Å². The molecule has 0 radical (unpaired) electrons. The molecular weight excluding hydrogens is 424 g/mol. The van der Waals surface area contributed by atoms with Crippen LogP contribution in [-0.2, 0) is 4.79 Å². The van der Waals surface area contributed by atoms with Crippen molar-refractivity contribution in [2.75, 3.05) is 0 Å². The molecule has 2 aliphatic rings. The average molecular weight is 461 g/mol. The molecule has 2 saturated carbocycles. The molecule has 2 atom stereocenters. The van der Waals surface area contributed by atoms with Gasteiger partial charge in [0, 0.05) is 29.3 Å². The van der Waals surface area contributed by atoms with Crippen molar-refractivity contribution >= 4 is 28.4 Å². The minimum absolute atomic E-state index is 0.0277. The number of carbonyl (C=O) groups excluding carboxylic acids is 2. The third-order valence-corrected chi connectivity index (χ3v) is 7.10. The smallest absolute Gasteiger partial charge is 0.251 e. The second-order valence-electron chi connectivity index (χ2n) is 9.63. The third-order valence-electron chi connectivity index (χ3n) is 7.10. The zero-order valence-corrected chi connectivity index (χ0v) is 20.3. The van der Waals surface area contributed by atoms with Crippen molar-refractivity contribution in [3.8, 4) is 0 Å². The number of H-pyrrole nitrogens is 1. The molecule has 2 aliphatic carbocycles. The second kappa shape index (κ2) is 11.3. The lowest BCUT2D eigenvalue weighted by molar-refractivity contribution is -0.126. The number of fused-ring (bicyclic) bond motifs is 1. The fraction of sp³-hybridized carbons (Fsp3) is 0.464. The van der Waals surface area contributed by atoms with E-state index in [2.05, 4.69) is 22.5 Å². The molecule has 2 unspecified atom stereocenters. The van der Waals surface area contributed by atoms with E-state index in [0.717, 1.165) is 54.5 Å². The molecule has 0 bridgehead atoms. The van der Waals surface area contributed by atoms with Gasteiger partial charge in [-0.1, -0.05) is 44.8 Å². The number of rotatable bonds is 7. The fourth-order valence-electron chi connectivity index (χ4n) is 5.11. The summed E-state index contributed by atoms with van der Waals surface area (Å²) < 4.78 is 0.